The van der Waals surface area contributed by atoms with Crippen molar-refractivity contribution in [2.24, 2.45) is 0 Å². The average Bonchev–Trinajstić information content (AvgIpc) is 3.44. The number of nitrogens with zero attached hydrogens (tertiary/aromatic N) is 1. The van der Waals surface area contributed by atoms with Crippen molar-refractivity contribution in [1.29, 1.82) is 0 Å². The first kappa shape index (κ1) is 23.8. The van der Waals surface area contributed by atoms with E-state index in [0.29, 0.717) is 30.2 Å². The first-order chi connectivity index (χ1) is 17.4. The molecule has 1 aliphatic rings. The fraction of sp³-hybridized carbons (Fsp3) is 0.267. The minimum Gasteiger partial charge on any atom is -0.493 e. The molecule has 0 saturated carbocycles. The number of carbonyl (C=O) groups is 1. The van der Waals surface area contributed by atoms with Crippen LogP contribution in [0.25, 0.3) is 22.6 Å². The Labute approximate surface area is 209 Å². The van der Waals surface area contributed by atoms with Crippen molar-refractivity contribution in [2.45, 2.75) is 45.4 Å². The molecule has 5 rings (SSSR count). The van der Waals surface area contributed by atoms with E-state index in [4.69, 9.17) is 9.15 Å². The van der Waals surface area contributed by atoms with Gasteiger partial charge < -0.3 is 14.3 Å². The number of carboxylic acid groups (broad SMARTS) is 1. The van der Waals surface area contributed by atoms with Crippen LogP contribution in [0.15, 0.2) is 65.1 Å². The minimum atomic E-state index is -0.813. The lowest BCUT2D eigenvalue weighted by Gasteiger charge is -2.18. The molecule has 0 bridgehead atoms. The largest absolute Gasteiger partial charge is 0.493 e. The highest BCUT2D eigenvalue weighted by Crippen LogP contribution is 2.44. The number of benzene rings is 3. The molecule has 0 radical (unpaired) electrons. The van der Waals surface area contributed by atoms with Gasteiger partial charge in [-0.05, 0) is 96.8 Å². The molecule has 0 fully saturated rings. The number of hydrogen-bond donors (Lipinski definition) is 1. The Balaban J connectivity index is 1.39. The van der Waals surface area contributed by atoms with Crippen molar-refractivity contribution >= 4 is 5.97 Å². The van der Waals surface area contributed by atoms with Crippen LogP contribution in [0.2, 0.25) is 0 Å². The summed E-state index contributed by atoms with van der Waals surface area (Å²) in [6.07, 6.45) is 2.24. The third-order valence-electron chi connectivity index (χ3n) is 6.82. The zero-order valence-corrected chi connectivity index (χ0v) is 20.4. The molecule has 0 aliphatic heterocycles. The third-order valence-corrected chi connectivity index (χ3v) is 6.82. The zero-order chi connectivity index (χ0) is 25.2. The molecule has 0 amide bonds. The molecule has 3 aromatic carbocycles. The van der Waals surface area contributed by atoms with Crippen LogP contribution < -0.4 is 4.74 Å². The Hall–Kier alpha value is -3.93. The maximum atomic E-state index is 14.0. The van der Waals surface area contributed by atoms with Gasteiger partial charge in [-0.2, -0.15) is 0 Å². The van der Waals surface area contributed by atoms with Gasteiger partial charge in [0.05, 0.1) is 18.7 Å². The van der Waals surface area contributed by atoms with Crippen LogP contribution in [0.1, 0.15) is 46.9 Å². The number of halogens is 1. The van der Waals surface area contributed by atoms with E-state index in [2.05, 4.69) is 4.98 Å². The predicted molar refractivity (Wildman–Crippen MR) is 136 cm³/mol. The predicted octanol–water partition coefficient (Wildman–Crippen LogP) is 6.89. The van der Waals surface area contributed by atoms with Gasteiger partial charge in [0.1, 0.15) is 17.3 Å². The van der Waals surface area contributed by atoms with Crippen LogP contribution in [0.5, 0.6) is 5.75 Å². The maximum absolute atomic E-state index is 14.0. The number of aromatic nitrogens is 1. The van der Waals surface area contributed by atoms with Crippen LogP contribution in [0.4, 0.5) is 4.39 Å². The van der Waals surface area contributed by atoms with E-state index in [-0.39, 0.29) is 18.2 Å². The Kier molecular flexibility index (Phi) is 6.59. The van der Waals surface area contributed by atoms with Gasteiger partial charge in [0.15, 0.2) is 0 Å². The number of oxazole rings is 1. The van der Waals surface area contributed by atoms with E-state index in [1.54, 1.807) is 13.0 Å². The Morgan fingerprint density at radius 1 is 1.11 bits per heavy atom. The Morgan fingerprint density at radius 3 is 2.67 bits per heavy atom. The van der Waals surface area contributed by atoms with E-state index < -0.39 is 5.97 Å². The fourth-order valence-electron chi connectivity index (χ4n) is 5.03. The summed E-state index contributed by atoms with van der Waals surface area (Å²) in [5.41, 5.74) is 6.25. The topological polar surface area (TPSA) is 72.6 Å². The highest BCUT2D eigenvalue weighted by atomic mass is 19.1. The van der Waals surface area contributed by atoms with E-state index in [0.717, 1.165) is 52.1 Å². The molecule has 184 valence electrons. The summed E-state index contributed by atoms with van der Waals surface area (Å²) < 4.78 is 26.0. The van der Waals surface area contributed by atoms with Crippen molar-refractivity contribution < 1.29 is 23.4 Å². The number of rotatable bonds is 8. The number of aryl methyl sites for hydroxylation is 3. The molecule has 1 atom stereocenters. The molecule has 0 saturated heterocycles. The van der Waals surface area contributed by atoms with E-state index in [1.807, 2.05) is 55.5 Å². The summed E-state index contributed by atoms with van der Waals surface area (Å²) in [4.78, 5) is 16.1. The summed E-state index contributed by atoms with van der Waals surface area (Å²) in [7, 11) is 0. The second-order valence-corrected chi connectivity index (χ2v) is 9.33. The van der Waals surface area contributed by atoms with Crippen LogP contribution in [0.3, 0.4) is 0 Å². The molecule has 1 aliphatic carbocycles. The van der Waals surface area contributed by atoms with Crippen LogP contribution in [0, 0.1) is 19.7 Å². The van der Waals surface area contributed by atoms with E-state index in [9.17, 15) is 14.3 Å². The first-order valence-corrected chi connectivity index (χ1v) is 12.2. The highest BCUT2D eigenvalue weighted by molar-refractivity contribution is 5.75. The first-order valence-electron chi connectivity index (χ1n) is 12.2. The van der Waals surface area contributed by atoms with Crippen molar-refractivity contribution in [3.05, 3.63) is 94.6 Å². The van der Waals surface area contributed by atoms with Gasteiger partial charge in [0.2, 0.25) is 5.89 Å². The van der Waals surface area contributed by atoms with Crippen LogP contribution in [-0.2, 0) is 17.6 Å². The fourth-order valence-corrected chi connectivity index (χ4v) is 5.03. The highest BCUT2D eigenvalue weighted by Gasteiger charge is 2.29. The van der Waals surface area contributed by atoms with Gasteiger partial charge >= 0.3 is 5.97 Å². The maximum Gasteiger partial charge on any atom is 0.303 e. The van der Waals surface area contributed by atoms with Gasteiger partial charge in [0.25, 0.3) is 0 Å². The van der Waals surface area contributed by atoms with Crippen LogP contribution >= 0.6 is 0 Å². The van der Waals surface area contributed by atoms with Crippen molar-refractivity contribution in [3.63, 3.8) is 0 Å². The summed E-state index contributed by atoms with van der Waals surface area (Å²) in [5, 5.41) is 9.43. The lowest BCUT2D eigenvalue weighted by molar-refractivity contribution is -0.137. The third kappa shape index (κ3) is 4.89. The zero-order valence-electron chi connectivity index (χ0n) is 20.4. The molecule has 6 heteroatoms. The molecular formula is C30H28FNO4. The van der Waals surface area contributed by atoms with Gasteiger partial charge in [-0.1, -0.05) is 24.3 Å². The van der Waals surface area contributed by atoms with E-state index in [1.165, 1.54) is 6.07 Å². The van der Waals surface area contributed by atoms with E-state index >= 15 is 0 Å². The number of ether oxygens (including phenoxy) is 1. The van der Waals surface area contributed by atoms with Gasteiger partial charge in [0, 0.05) is 12.0 Å². The Morgan fingerprint density at radius 2 is 1.92 bits per heavy atom. The molecule has 4 aromatic rings. The molecular weight excluding hydrogens is 457 g/mol. The number of hydrogen-bond acceptors (Lipinski definition) is 4. The number of fused-ring (bicyclic) bond motifs is 1. The standard InChI is InChI=1S/C30H28FNO4/c1-18-14-21(10-11-26(18)31)25-17-24(15-22-8-9-23(29(22)25)16-28(33)34)35-13-12-27-19(2)36-30(32-27)20-6-4-3-5-7-20/h3-7,10-11,14-15,17,23H,8-9,12-13,16H2,1-2H3,(H,33,34). The van der Waals surface area contributed by atoms with Crippen LogP contribution in [-0.4, -0.2) is 22.7 Å². The molecule has 5 nitrogen and oxygen atoms in total. The molecule has 36 heavy (non-hydrogen) atoms. The normalized spacial score (nSPS) is 14.6. The van der Waals surface area contributed by atoms with Crippen molar-refractivity contribution in [3.8, 4) is 28.3 Å². The Bertz CT molecular complexity index is 1410. The molecule has 1 heterocycles. The summed E-state index contributed by atoms with van der Waals surface area (Å²) in [5.74, 6) is 0.937. The summed E-state index contributed by atoms with van der Waals surface area (Å²) >= 11 is 0. The SMILES string of the molecule is Cc1cc(-c2cc(OCCc3nc(-c4ccccc4)oc3C)cc3c2C(CC(=O)O)CC3)ccc1F. The number of carboxylic acids is 1. The lowest BCUT2D eigenvalue weighted by Crippen LogP contribution is -2.06. The molecule has 1 aromatic heterocycles. The minimum absolute atomic E-state index is 0.0684. The second kappa shape index (κ2) is 9.97. The molecule has 1 unspecified atom stereocenters. The van der Waals surface area contributed by atoms with Gasteiger partial charge in [-0.15, -0.1) is 0 Å². The second-order valence-electron chi connectivity index (χ2n) is 9.33. The van der Waals surface area contributed by atoms with Gasteiger partial charge in [-0.25, -0.2) is 9.37 Å². The number of aliphatic carboxylic acids is 1. The van der Waals surface area contributed by atoms with Crippen molar-refractivity contribution in [1.82, 2.24) is 4.98 Å². The average molecular weight is 486 g/mol. The lowest BCUT2D eigenvalue weighted by atomic mass is 9.89. The summed E-state index contributed by atoms with van der Waals surface area (Å²) in [6, 6.07) is 18.8. The smallest absolute Gasteiger partial charge is 0.303 e. The molecule has 1 N–H and O–H groups in total. The molecule has 0 spiro atoms. The van der Waals surface area contributed by atoms with Gasteiger partial charge in [-0.3, -0.25) is 4.79 Å². The van der Waals surface area contributed by atoms with Crippen molar-refractivity contribution in [2.75, 3.05) is 6.61 Å². The quantitative estimate of drug-likeness (QED) is 0.294. The summed E-state index contributed by atoms with van der Waals surface area (Å²) in [6.45, 7) is 4.06. The monoisotopic (exact) mass is 485 g/mol.